The van der Waals surface area contributed by atoms with Crippen LogP contribution in [0.25, 0.3) is 5.69 Å². The van der Waals surface area contributed by atoms with Gasteiger partial charge in [-0.3, -0.25) is 4.79 Å². The van der Waals surface area contributed by atoms with Crippen LogP contribution < -0.4 is 10.1 Å². The van der Waals surface area contributed by atoms with E-state index >= 15 is 0 Å². The number of hydrogen-bond donors (Lipinski definition) is 1. The van der Waals surface area contributed by atoms with Gasteiger partial charge in [-0.1, -0.05) is 12.1 Å². The highest BCUT2D eigenvalue weighted by Crippen LogP contribution is 2.33. The van der Waals surface area contributed by atoms with Gasteiger partial charge in [-0.05, 0) is 42.8 Å². The number of nitrogens with zero attached hydrogens (tertiary/aromatic N) is 2. The van der Waals surface area contributed by atoms with Gasteiger partial charge in [0, 0.05) is 12.4 Å². The summed E-state index contributed by atoms with van der Waals surface area (Å²) in [5.41, 5.74) is 0.347. The number of alkyl halides is 3. The van der Waals surface area contributed by atoms with E-state index in [0.29, 0.717) is 22.8 Å². The third-order valence-corrected chi connectivity index (χ3v) is 4.21. The van der Waals surface area contributed by atoms with Gasteiger partial charge in [0.05, 0.1) is 30.5 Å². The van der Waals surface area contributed by atoms with Crippen LogP contribution in [0.3, 0.4) is 0 Å². The zero-order valence-corrected chi connectivity index (χ0v) is 15.2. The van der Waals surface area contributed by atoms with E-state index in [2.05, 4.69) is 10.3 Å². The second kappa shape index (κ2) is 7.75. The number of amides is 1. The molecule has 0 fully saturated rings. The normalized spacial score (nSPS) is 11.3. The van der Waals surface area contributed by atoms with Crippen LogP contribution in [0, 0.1) is 6.92 Å². The largest absolute Gasteiger partial charge is 0.497 e. The lowest BCUT2D eigenvalue weighted by molar-refractivity contribution is -0.137. The number of anilines is 1. The van der Waals surface area contributed by atoms with Gasteiger partial charge in [0.15, 0.2) is 0 Å². The molecule has 1 amide bonds. The molecule has 3 aromatic rings. The molecule has 8 heteroatoms. The third kappa shape index (κ3) is 4.33. The summed E-state index contributed by atoms with van der Waals surface area (Å²) in [7, 11) is 1.54. The Morgan fingerprint density at radius 3 is 2.46 bits per heavy atom. The topological polar surface area (TPSA) is 56.1 Å². The summed E-state index contributed by atoms with van der Waals surface area (Å²) >= 11 is 0. The van der Waals surface area contributed by atoms with Crippen molar-refractivity contribution in [2.75, 3.05) is 12.4 Å². The Kier molecular flexibility index (Phi) is 5.39. The van der Waals surface area contributed by atoms with Gasteiger partial charge in [0.2, 0.25) is 5.91 Å². The van der Waals surface area contributed by atoms with Gasteiger partial charge in [-0.25, -0.2) is 4.98 Å². The molecule has 0 aliphatic rings. The Morgan fingerprint density at radius 1 is 1.18 bits per heavy atom. The fourth-order valence-corrected chi connectivity index (χ4v) is 2.78. The first kappa shape index (κ1) is 19.5. The highest BCUT2D eigenvalue weighted by molar-refractivity contribution is 5.94. The Bertz CT molecular complexity index is 979. The Hall–Kier alpha value is -3.29. The molecule has 146 valence electrons. The molecule has 0 radical (unpaired) electrons. The second-order valence-electron chi connectivity index (χ2n) is 6.15. The smallest absolute Gasteiger partial charge is 0.416 e. The zero-order valence-electron chi connectivity index (χ0n) is 15.2. The number of nitrogens with one attached hydrogen (secondary N) is 1. The van der Waals surface area contributed by atoms with E-state index in [1.165, 1.54) is 19.4 Å². The monoisotopic (exact) mass is 389 g/mol. The summed E-state index contributed by atoms with van der Waals surface area (Å²) in [6.07, 6.45) is -1.34. The average molecular weight is 389 g/mol. The lowest BCUT2D eigenvalue weighted by Gasteiger charge is -2.16. The van der Waals surface area contributed by atoms with Crippen molar-refractivity contribution in [1.29, 1.82) is 0 Å². The van der Waals surface area contributed by atoms with Crippen molar-refractivity contribution in [1.82, 2.24) is 9.55 Å². The molecule has 0 aliphatic heterocycles. The minimum Gasteiger partial charge on any atom is -0.497 e. The number of aromatic nitrogens is 2. The minimum atomic E-state index is -4.52. The summed E-state index contributed by atoms with van der Waals surface area (Å²) in [6.45, 7) is 1.72. The molecule has 0 saturated heterocycles. The van der Waals surface area contributed by atoms with E-state index in [4.69, 9.17) is 4.74 Å². The van der Waals surface area contributed by atoms with Gasteiger partial charge in [0.1, 0.15) is 11.6 Å². The molecular formula is C20H18F3N3O2. The summed E-state index contributed by atoms with van der Waals surface area (Å²) in [5.74, 6) is 0.814. The lowest BCUT2D eigenvalue weighted by Crippen LogP contribution is -2.17. The van der Waals surface area contributed by atoms with Crippen molar-refractivity contribution in [3.8, 4) is 11.4 Å². The van der Waals surface area contributed by atoms with E-state index in [0.717, 1.165) is 12.1 Å². The summed E-state index contributed by atoms with van der Waals surface area (Å²) in [4.78, 5) is 16.5. The van der Waals surface area contributed by atoms with E-state index in [-0.39, 0.29) is 12.1 Å². The number of methoxy groups -OCH3 is 1. The molecule has 0 aliphatic carbocycles. The van der Waals surface area contributed by atoms with Crippen LogP contribution in [-0.2, 0) is 17.4 Å². The highest BCUT2D eigenvalue weighted by Gasteiger charge is 2.31. The summed E-state index contributed by atoms with van der Waals surface area (Å²) in [6, 6.07) is 10.1. The Morgan fingerprint density at radius 2 is 1.89 bits per heavy atom. The number of carbonyl (C=O) groups is 1. The first-order chi connectivity index (χ1) is 13.3. The van der Waals surface area contributed by atoms with Gasteiger partial charge < -0.3 is 14.6 Å². The maximum atomic E-state index is 13.1. The Balaban J connectivity index is 1.89. The fourth-order valence-electron chi connectivity index (χ4n) is 2.78. The standard InChI is InChI=1S/C20H18F3N3O2/c1-13-24-9-10-26(13)18-8-5-15(20(21,22)23)12-17(18)25-19(27)11-14-3-6-16(28-2)7-4-14/h3-10,12H,11H2,1-2H3,(H,25,27). The number of benzene rings is 2. The van der Waals surface area contributed by atoms with E-state index in [1.54, 1.807) is 42.0 Å². The fraction of sp³-hybridized carbons (Fsp3) is 0.200. The number of rotatable bonds is 5. The molecule has 0 spiro atoms. The van der Waals surface area contributed by atoms with Crippen molar-refractivity contribution < 1.29 is 22.7 Å². The molecule has 5 nitrogen and oxygen atoms in total. The maximum absolute atomic E-state index is 13.1. The number of halogens is 3. The predicted molar refractivity (Wildman–Crippen MR) is 98.6 cm³/mol. The maximum Gasteiger partial charge on any atom is 0.416 e. The van der Waals surface area contributed by atoms with Gasteiger partial charge in [0.25, 0.3) is 0 Å². The van der Waals surface area contributed by atoms with Crippen molar-refractivity contribution >= 4 is 11.6 Å². The van der Waals surface area contributed by atoms with Crippen LogP contribution in [0.5, 0.6) is 5.75 Å². The number of carbonyl (C=O) groups excluding carboxylic acids is 1. The summed E-state index contributed by atoms with van der Waals surface area (Å²) in [5, 5.41) is 2.60. The van der Waals surface area contributed by atoms with Crippen LogP contribution >= 0.6 is 0 Å². The minimum absolute atomic E-state index is 0.0165. The molecule has 1 N–H and O–H groups in total. The van der Waals surface area contributed by atoms with Gasteiger partial charge in [-0.2, -0.15) is 13.2 Å². The van der Waals surface area contributed by atoms with E-state index in [9.17, 15) is 18.0 Å². The van der Waals surface area contributed by atoms with Crippen molar-refractivity contribution in [2.24, 2.45) is 0 Å². The first-order valence-electron chi connectivity index (χ1n) is 8.42. The molecule has 28 heavy (non-hydrogen) atoms. The van der Waals surface area contributed by atoms with Gasteiger partial charge in [-0.15, -0.1) is 0 Å². The number of ether oxygens (including phenoxy) is 1. The molecule has 0 atom stereocenters. The lowest BCUT2D eigenvalue weighted by atomic mass is 10.1. The average Bonchev–Trinajstić information content (AvgIpc) is 3.07. The van der Waals surface area contributed by atoms with E-state index in [1.807, 2.05) is 0 Å². The molecule has 0 saturated carbocycles. The first-order valence-corrected chi connectivity index (χ1v) is 8.42. The Labute approximate surface area is 159 Å². The zero-order chi connectivity index (χ0) is 20.3. The second-order valence-corrected chi connectivity index (χ2v) is 6.15. The SMILES string of the molecule is COc1ccc(CC(=O)Nc2cc(C(F)(F)F)ccc2-n2ccnc2C)cc1. The van der Waals surface area contributed by atoms with E-state index < -0.39 is 17.6 Å². The van der Waals surface area contributed by atoms with Crippen molar-refractivity contribution in [3.05, 3.63) is 71.8 Å². The number of imidazole rings is 1. The van der Waals surface area contributed by atoms with Crippen molar-refractivity contribution in [3.63, 3.8) is 0 Å². The van der Waals surface area contributed by atoms with Crippen LogP contribution in [0.2, 0.25) is 0 Å². The molecule has 3 rings (SSSR count). The van der Waals surface area contributed by atoms with Crippen molar-refractivity contribution in [2.45, 2.75) is 19.5 Å². The van der Waals surface area contributed by atoms with Crippen LogP contribution in [0.1, 0.15) is 17.0 Å². The number of aryl methyl sites for hydroxylation is 1. The molecular weight excluding hydrogens is 371 g/mol. The molecule has 1 heterocycles. The van der Waals surface area contributed by atoms with Crippen LogP contribution in [0.4, 0.5) is 18.9 Å². The summed E-state index contributed by atoms with van der Waals surface area (Å²) < 4.78 is 46.1. The quantitative estimate of drug-likeness (QED) is 0.704. The van der Waals surface area contributed by atoms with Crippen LogP contribution in [-0.4, -0.2) is 22.6 Å². The molecule has 2 aromatic carbocycles. The van der Waals surface area contributed by atoms with Crippen LogP contribution in [0.15, 0.2) is 54.9 Å². The molecule has 1 aromatic heterocycles. The number of hydrogen-bond acceptors (Lipinski definition) is 3. The predicted octanol–water partition coefficient (Wildman–Crippen LogP) is 4.39. The highest BCUT2D eigenvalue weighted by atomic mass is 19.4. The molecule has 0 unspecified atom stereocenters. The molecule has 0 bridgehead atoms. The van der Waals surface area contributed by atoms with Gasteiger partial charge >= 0.3 is 6.18 Å². The third-order valence-electron chi connectivity index (χ3n) is 4.21.